The normalized spacial score (nSPS) is 11.4. The van der Waals surface area contributed by atoms with E-state index in [2.05, 4.69) is 0 Å². The van der Waals surface area contributed by atoms with Gasteiger partial charge in [0.15, 0.2) is 0 Å². The Labute approximate surface area is 106 Å². The molecule has 0 atom stereocenters. The Morgan fingerprint density at radius 3 is 2.41 bits per heavy atom. The van der Waals surface area contributed by atoms with Crippen LogP contribution in [-0.2, 0) is 4.79 Å². The Balaban J connectivity index is 2.78. The minimum absolute atomic E-state index is 0.559. The summed E-state index contributed by atoms with van der Waals surface area (Å²) >= 11 is 1.53. The summed E-state index contributed by atoms with van der Waals surface area (Å²) in [5.74, 6) is -0.159. The zero-order chi connectivity index (χ0) is 12.9. The van der Waals surface area contributed by atoms with Gasteiger partial charge in [-0.3, -0.25) is 4.79 Å². The van der Waals surface area contributed by atoms with Crippen LogP contribution in [0.2, 0.25) is 0 Å². The van der Waals surface area contributed by atoms with Crippen molar-refractivity contribution < 1.29 is 9.90 Å². The van der Waals surface area contributed by atoms with Crippen molar-refractivity contribution in [1.82, 2.24) is 0 Å². The van der Waals surface area contributed by atoms with E-state index >= 15 is 0 Å². The van der Waals surface area contributed by atoms with Crippen LogP contribution >= 0.6 is 11.8 Å². The molecule has 0 aliphatic carbocycles. The third kappa shape index (κ3) is 3.16. The highest BCUT2D eigenvalue weighted by atomic mass is 32.2. The number of nitrogen functional groups attached to an aromatic ring is 1. The molecule has 3 nitrogen and oxygen atoms in total. The fraction of sp³-hybridized carbons (Fsp3) is 0.462. The van der Waals surface area contributed by atoms with Crippen molar-refractivity contribution >= 4 is 23.4 Å². The lowest BCUT2D eigenvalue weighted by Gasteiger charge is -2.26. The van der Waals surface area contributed by atoms with Gasteiger partial charge in [0.05, 0.1) is 5.41 Å². The smallest absolute Gasteiger partial charge is 0.310 e. The van der Waals surface area contributed by atoms with Crippen molar-refractivity contribution in [2.24, 2.45) is 5.41 Å². The lowest BCUT2D eigenvalue weighted by Crippen LogP contribution is -2.32. The number of rotatable bonds is 6. The summed E-state index contributed by atoms with van der Waals surface area (Å²) < 4.78 is 0. The van der Waals surface area contributed by atoms with Crippen LogP contribution in [0.4, 0.5) is 5.69 Å². The Kier molecular flexibility index (Phi) is 4.87. The highest BCUT2D eigenvalue weighted by Gasteiger charge is 2.34. The summed E-state index contributed by atoms with van der Waals surface area (Å²) in [6.07, 6.45) is 1.27. The maximum Gasteiger partial charge on any atom is 0.310 e. The SMILES string of the molecule is CCC(CC)(CSc1ccccc1N)C(=O)O. The molecule has 0 bridgehead atoms. The third-order valence-electron chi connectivity index (χ3n) is 3.23. The van der Waals surface area contributed by atoms with E-state index in [1.54, 1.807) is 0 Å². The largest absolute Gasteiger partial charge is 0.481 e. The molecular formula is C13H19NO2S. The third-order valence-corrected chi connectivity index (χ3v) is 4.61. The van der Waals surface area contributed by atoms with Gasteiger partial charge >= 0.3 is 5.97 Å². The number of hydrogen-bond donors (Lipinski definition) is 2. The van der Waals surface area contributed by atoms with Gasteiger partial charge in [-0.15, -0.1) is 11.8 Å². The molecule has 4 heteroatoms. The zero-order valence-electron chi connectivity index (χ0n) is 10.3. The average molecular weight is 253 g/mol. The molecule has 0 fully saturated rings. The van der Waals surface area contributed by atoms with Crippen molar-refractivity contribution in [2.45, 2.75) is 31.6 Å². The number of carboxylic acid groups (broad SMARTS) is 1. The molecule has 0 saturated heterocycles. The van der Waals surface area contributed by atoms with E-state index in [-0.39, 0.29) is 0 Å². The van der Waals surface area contributed by atoms with Gasteiger partial charge in [0.2, 0.25) is 0 Å². The number of benzene rings is 1. The van der Waals surface area contributed by atoms with E-state index in [1.807, 2.05) is 38.1 Å². The molecule has 0 unspecified atom stereocenters. The summed E-state index contributed by atoms with van der Waals surface area (Å²) in [7, 11) is 0. The Bertz CT molecular complexity index is 389. The lowest BCUT2D eigenvalue weighted by atomic mass is 9.85. The standard InChI is InChI=1S/C13H19NO2S/c1-3-13(4-2,12(15)16)9-17-11-8-6-5-7-10(11)14/h5-8H,3-4,9,14H2,1-2H3,(H,15,16). The molecule has 0 aromatic heterocycles. The van der Waals surface area contributed by atoms with E-state index < -0.39 is 11.4 Å². The molecule has 0 aliphatic rings. The first kappa shape index (κ1) is 13.9. The molecule has 0 saturated carbocycles. The first-order valence-corrected chi connectivity index (χ1v) is 6.75. The molecule has 0 amide bonds. The predicted molar refractivity (Wildman–Crippen MR) is 72.2 cm³/mol. The van der Waals surface area contributed by atoms with Crippen molar-refractivity contribution in [2.75, 3.05) is 11.5 Å². The van der Waals surface area contributed by atoms with E-state index in [9.17, 15) is 9.90 Å². The molecule has 1 aromatic carbocycles. The number of anilines is 1. The second-order valence-electron chi connectivity index (χ2n) is 4.12. The van der Waals surface area contributed by atoms with Gasteiger partial charge < -0.3 is 10.8 Å². The summed E-state index contributed by atoms with van der Waals surface area (Å²) in [6.45, 7) is 3.85. The van der Waals surface area contributed by atoms with Gasteiger partial charge in [-0.05, 0) is 25.0 Å². The van der Waals surface area contributed by atoms with Crippen LogP contribution in [0.3, 0.4) is 0 Å². The van der Waals surface area contributed by atoms with Crippen LogP contribution in [0.1, 0.15) is 26.7 Å². The molecule has 1 aromatic rings. The highest BCUT2D eigenvalue weighted by Crippen LogP contribution is 2.36. The quantitative estimate of drug-likeness (QED) is 0.603. The molecule has 3 N–H and O–H groups in total. The second kappa shape index (κ2) is 5.96. The number of nitrogens with two attached hydrogens (primary N) is 1. The Morgan fingerprint density at radius 2 is 1.94 bits per heavy atom. The van der Waals surface area contributed by atoms with Gasteiger partial charge in [0.1, 0.15) is 0 Å². The summed E-state index contributed by atoms with van der Waals surface area (Å²) in [5.41, 5.74) is 5.91. The summed E-state index contributed by atoms with van der Waals surface area (Å²) in [4.78, 5) is 12.3. The number of carbonyl (C=O) groups is 1. The van der Waals surface area contributed by atoms with Crippen LogP contribution in [0.25, 0.3) is 0 Å². The van der Waals surface area contributed by atoms with Gasteiger partial charge in [0, 0.05) is 16.3 Å². The number of carboxylic acids is 1. The van der Waals surface area contributed by atoms with Crippen molar-refractivity contribution in [3.63, 3.8) is 0 Å². The molecule has 94 valence electrons. The van der Waals surface area contributed by atoms with Crippen LogP contribution in [0.15, 0.2) is 29.2 Å². The topological polar surface area (TPSA) is 63.3 Å². The lowest BCUT2D eigenvalue weighted by molar-refractivity contribution is -0.147. The number of para-hydroxylation sites is 1. The molecule has 1 rings (SSSR count). The van der Waals surface area contributed by atoms with Gasteiger partial charge in [-0.25, -0.2) is 0 Å². The Hall–Kier alpha value is -1.16. The maximum atomic E-state index is 11.3. The van der Waals surface area contributed by atoms with E-state index in [4.69, 9.17) is 5.73 Å². The monoisotopic (exact) mass is 253 g/mol. The molecule has 0 radical (unpaired) electrons. The second-order valence-corrected chi connectivity index (χ2v) is 5.14. The van der Waals surface area contributed by atoms with Crippen LogP contribution in [0, 0.1) is 5.41 Å². The molecule has 0 spiro atoms. The van der Waals surface area contributed by atoms with Crippen molar-refractivity contribution in [1.29, 1.82) is 0 Å². The van der Waals surface area contributed by atoms with Crippen molar-refractivity contribution in [3.05, 3.63) is 24.3 Å². The maximum absolute atomic E-state index is 11.3. The molecule has 0 aliphatic heterocycles. The van der Waals surface area contributed by atoms with Gasteiger partial charge in [0.25, 0.3) is 0 Å². The average Bonchev–Trinajstić information content (AvgIpc) is 2.32. The summed E-state index contributed by atoms with van der Waals surface area (Å²) in [6, 6.07) is 7.56. The van der Waals surface area contributed by atoms with E-state index in [0.29, 0.717) is 24.3 Å². The van der Waals surface area contributed by atoms with Gasteiger partial charge in [-0.1, -0.05) is 26.0 Å². The minimum atomic E-state index is -0.718. The zero-order valence-corrected chi connectivity index (χ0v) is 11.1. The van der Waals surface area contributed by atoms with Crippen molar-refractivity contribution in [3.8, 4) is 0 Å². The fourth-order valence-corrected chi connectivity index (χ4v) is 3.02. The van der Waals surface area contributed by atoms with Crippen LogP contribution in [-0.4, -0.2) is 16.8 Å². The van der Waals surface area contributed by atoms with E-state index in [1.165, 1.54) is 11.8 Å². The first-order chi connectivity index (χ1) is 8.05. The number of aliphatic carboxylic acids is 1. The number of hydrogen-bond acceptors (Lipinski definition) is 3. The van der Waals surface area contributed by atoms with E-state index in [0.717, 1.165) is 4.90 Å². The Morgan fingerprint density at radius 1 is 1.35 bits per heavy atom. The molecular weight excluding hydrogens is 234 g/mol. The van der Waals surface area contributed by atoms with Crippen LogP contribution < -0.4 is 5.73 Å². The minimum Gasteiger partial charge on any atom is -0.481 e. The summed E-state index contributed by atoms with van der Waals surface area (Å²) in [5, 5.41) is 9.33. The first-order valence-electron chi connectivity index (χ1n) is 5.76. The highest BCUT2D eigenvalue weighted by molar-refractivity contribution is 7.99. The molecule has 17 heavy (non-hydrogen) atoms. The van der Waals surface area contributed by atoms with Gasteiger partial charge in [-0.2, -0.15) is 0 Å². The number of thioether (sulfide) groups is 1. The fourth-order valence-electron chi connectivity index (χ4n) is 1.65. The predicted octanol–water partition coefficient (Wildman–Crippen LogP) is 3.25. The molecule has 0 heterocycles. The van der Waals surface area contributed by atoms with Crippen LogP contribution in [0.5, 0.6) is 0 Å².